The van der Waals surface area contributed by atoms with Gasteiger partial charge in [-0.05, 0) is 32.4 Å². The summed E-state index contributed by atoms with van der Waals surface area (Å²) in [4.78, 5) is 4.65. The Labute approximate surface area is 144 Å². The lowest BCUT2D eigenvalue weighted by molar-refractivity contribution is 0.531. The Morgan fingerprint density at radius 3 is 2.60 bits per heavy atom. The third kappa shape index (κ3) is 2.63. The minimum atomic E-state index is -0.135. The van der Waals surface area contributed by atoms with Crippen LogP contribution in [0.1, 0.15) is 30.1 Å². The molecular formula is C18H18N6O. The molecule has 1 unspecified atom stereocenters. The Kier molecular flexibility index (Phi) is 3.68. The Balaban J connectivity index is 1.92. The maximum atomic E-state index is 6.00. The van der Waals surface area contributed by atoms with Gasteiger partial charge in [0, 0.05) is 5.56 Å². The number of imidazole rings is 1. The number of aromatic nitrogens is 6. The second-order valence-electron chi connectivity index (χ2n) is 6.01. The molecule has 0 spiro atoms. The lowest BCUT2D eigenvalue weighted by Crippen LogP contribution is -2.09. The third-order valence-electron chi connectivity index (χ3n) is 4.39. The maximum Gasteiger partial charge on any atom is 0.197 e. The molecule has 0 amide bonds. The topological polar surface area (TPSA) is 85.4 Å². The number of benzene rings is 1. The van der Waals surface area contributed by atoms with Gasteiger partial charge in [-0.1, -0.05) is 35.5 Å². The van der Waals surface area contributed by atoms with Gasteiger partial charge in [0.25, 0.3) is 0 Å². The van der Waals surface area contributed by atoms with E-state index in [1.54, 1.807) is 6.33 Å². The number of furan rings is 1. The number of tetrazole rings is 1. The fraction of sp³-hybridized carbons (Fsp3) is 0.222. The largest absolute Gasteiger partial charge is 0.459 e. The normalized spacial score (nSPS) is 12.4. The number of hydrogen-bond donors (Lipinski definition) is 1. The van der Waals surface area contributed by atoms with Gasteiger partial charge in [0.05, 0.1) is 18.1 Å². The van der Waals surface area contributed by atoms with Gasteiger partial charge in [-0.15, -0.1) is 10.2 Å². The Hall–Kier alpha value is -3.22. The van der Waals surface area contributed by atoms with E-state index >= 15 is 0 Å². The van der Waals surface area contributed by atoms with Gasteiger partial charge in [0.15, 0.2) is 11.6 Å². The predicted molar refractivity (Wildman–Crippen MR) is 92.8 cm³/mol. The quantitative estimate of drug-likeness (QED) is 0.617. The molecule has 4 rings (SSSR count). The van der Waals surface area contributed by atoms with Crippen LogP contribution in [0.4, 0.5) is 0 Å². The van der Waals surface area contributed by atoms with E-state index in [0.717, 1.165) is 34.0 Å². The highest BCUT2D eigenvalue weighted by Crippen LogP contribution is 2.35. The third-order valence-corrected chi connectivity index (χ3v) is 4.39. The number of aromatic amines is 1. The average Bonchev–Trinajstić information content (AvgIpc) is 3.35. The first-order valence-corrected chi connectivity index (χ1v) is 8.08. The van der Waals surface area contributed by atoms with E-state index < -0.39 is 0 Å². The summed E-state index contributed by atoms with van der Waals surface area (Å²) in [5.41, 5.74) is 3.90. The molecule has 126 valence electrons. The molecule has 7 nitrogen and oxygen atoms in total. The average molecular weight is 334 g/mol. The van der Waals surface area contributed by atoms with Gasteiger partial charge < -0.3 is 8.98 Å². The fourth-order valence-electron chi connectivity index (χ4n) is 2.87. The first kappa shape index (κ1) is 15.3. The van der Waals surface area contributed by atoms with Crippen LogP contribution in [0.3, 0.4) is 0 Å². The lowest BCUT2D eigenvalue weighted by atomic mass is 10.1. The van der Waals surface area contributed by atoms with Crippen molar-refractivity contribution >= 4 is 0 Å². The molecule has 3 aromatic heterocycles. The number of rotatable bonds is 4. The van der Waals surface area contributed by atoms with Crippen molar-refractivity contribution in [1.82, 2.24) is 30.2 Å². The minimum absolute atomic E-state index is 0.135. The molecular weight excluding hydrogens is 316 g/mol. The zero-order valence-electron chi connectivity index (χ0n) is 14.3. The predicted octanol–water partition coefficient (Wildman–Crippen LogP) is 3.55. The van der Waals surface area contributed by atoms with E-state index in [4.69, 9.17) is 4.42 Å². The van der Waals surface area contributed by atoms with Gasteiger partial charge in [-0.2, -0.15) is 5.21 Å². The standard InChI is InChI=1S/C18H18N6O/c1-11-9-15(25-13(11)3)17-16(14-7-5-4-6-8-14)19-10-24(17)12(2)18-20-22-23-21-18/h4-10,12H,1-3H3,(H,20,21,22,23). The van der Waals surface area contributed by atoms with Crippen LogP contribution in [0.2, 0.25) is 0 Å². The van der Waals surface area contributed by atoms with Gasteiger partial charge in [0.2, 0.25) is 0 Å². The molecule has 0 saturated carbocycles. The summed E-state index contributed by atoms with van der Waals surface area (Å²) in [5.74, 6) is 2.27. The molecule has 3 heterocycles. The first-order chi connectivity index (χ1) is 12.1. The zero-order chi connectivity index (χ0) is 17.4. The highest BCUT2D eigenvalue weighted by molar-refractivity contribution is 5.76. The second-order valence-corrected chi connectivity index (χ2v) is 6.01. The van der Waals surface area contributed by atoms with E-state index in [0.29, 0.717) is 5.82 Å². The smallest absolute Gasteiger partial charge is 0.197 e. The van der Waals surface area contributed by atoms with Crippen LogP contribution in [0.25, 0.3) is 22.7 Å². The summed E-state index contributed by atoms with van der Waals surface area (Å²) in [6.45, 7) is 6.01. The Morgan fingerprint density at radius 1 is 1.16 bits per heavy atom. The molecule has 0 aliphatic rings. The van der Waals surface area contributed by atoms with Crippen molar-refractivity contribution in [2.45, 2.75) is 26.8 Å². The van der Waals surface area contributed by atoms with E-state index in [1.807, 2.05) is 61.7 Å². The number of hydrogen-bond acceptors (Lipinski definition) is 5. The van der Waals surface area contributed by atoms with Crippen LogP contribution in [0, 0.1) is 13.8 Å². The van der Waals surface area contributed by atoms with Crippen molar-refractivity contribution in [3.05, 3.63) is 59.9 Å². The molecule has 0 aliphatic heterocycles. The number of H-pyrrole nitrogens is 1. The van der Waals surface area contributed by atoms with E-state index in [2.05, 4.69) is 25.6 Å². The molecule has 7 heteroatoms. The number of aryl methyl sites for hydroxylation is 2. The first-order valence-electron chi connectivity index (χ1n) is 8.08. The molecule has 25 heavy (non-hydrogen) atoms. The van der Waals surface area contributed by atoms with Crippen LogP contribution in [0.15, 0.2) is 47.1 Å². The summed E-state index contributed by atoms with van der Waals surface area (Å²) >= 11 is 0. The Morgan fingerprint density at radius 2 is 1.96 bits per heavy atom. The van der Waals surface area contributed by atoms with E-state index in [1.165, 1.54) is 0 Å². The summed E-state index contributed by atoms with van der Waals surface area (Å²) < 4.78 is 8.02. The molecule has 1 N–H and O–H groups in total. The molecule has 1 aromatic carbocycles. The van der Waals surface area contributed by atoms with Crippen LogP contribution < -0.4 is 0 Å². The number of nitrogens with one attached hydrogen (secondary N) is 1. The van der Waals surface area contributed by atoms with Crippen LogP contribution >= 0.6 is 0 Å². The van der Waals surface area contributed by atoms with Crippen molar-refractivity contribution in [3.8, 4) is 22.7 Å². The highest BCUT2D eigenvalue weighted by Gasteiger charge is 2.23. The van der Waals surface area contributed by atoms with Crippen molar-refractivity contribution < 1.29 is 4.42 Å². The molecule has 0 aliphatic carbocycles. The molecule has 0 radical (unpaired) electrons. The van der Waals surface area contributed by atoms with Crippen molar-refractivity contribution in [3.63, 3.8) is 0 Å². The number of nitrogens with zero attached hydrogens (tertiary/aromatic N) is 5. The van der Waals surface area contributed by atoms with Crippen LogP contribution in [0.5, 0.6) is 0 Å². The second kappa shape index (κ2) is 6.01. The summed E-state index contributed by atoms with van der Waals surface area (Å²) in [7, 11) is 0. The lowest BCUT2D eigenvalue weighted by Gasteiger charge is -2.13. The van der Waals surface area contributed by atoms with Crippen LogP contribution in [-0.2, 0) is 0 Å². The van der Waals surface area contributed by atoms with Crippen LogP contribution in [-0.4, -0.2) is 30.2 Å². The molecule has 0 saturated heterocycles. The molecule has 4 aromatic rings. The maximum absolute atomic E-state index is 6.00. The van der Waals surface area contributed by atoms with Gasteiger partial charge >= 0.3 is 0 Å². The van der Waals surface area contributed by atoms with Crippen molar-refractivity contribution in [2.75, 3.05) is 0 Å². The van der Waals surface area contributed by atoms with Gasteiger partial charge in [-0.25, -0.2) is 4.98 Å². The fourth-order valence-corrected chi connectivity index (χ4v) is 2.87. The summed E-state index contributed by atoms with van der Waals surface area (Å²) in [5, 5.41) is 14.4. The SMILES string of the molecule is Cc1cc(-c2c(-c3ccccc3)ncn2C(C)c2nn[nH]n2)oc1C. The summed E-state index contributed by atoms with van der Waals surface area (Å²) in [6.07, 6.45) is 1.80. The minimum Gasteiger partial charge on any atom is -0.459 e. The molecule has 0 fully saturated rings. The van der Waals surface area contributed by atoms with E-state index in [-0.39, 0.29) is 6.04 Å². The summed E-state index contributed by atoms with van der Waals surface area (Å²) in [6, 6.07) is 12.0. The zero-order valence-corrected chi connectivity index (χ0v) is 14.3. The van der Waals surface area contributed by atoms with E-state index in [9.17, 15) is 0 Å². The molecule has 0 bridgehead atoms. The Bertz CT molecular complexity index is 965. The van der Waals surface area contributed by atoms with Crippen molar-refractivity contribution in [2.24, 2.45) is 0 Å². The molecule has 1 atom stereocenters. The van der Waals surface area contributed by atoms with Crippen molar-refractivity contribution in [1.29, 1.82) is 0 Å². The van der Waals surface area contributed by atoms with Gasteiger partial charge in [0.1, 0.15) is 11.5 Å². The highest BCUT2D eigenvalue weighted by atomic mass is 16.3. The van der Waals surface area contributed by atoms with Gasteiger partial charge in [-0.3, -0.25) is 0 Å². The monoisotopic (exact) mass is 334 g/mol.